The minimum atomic E-state index is -4.07. The number of carbonyl (C=O) groups excluding carboxylic acids is 1. The van der Waals surface area contributed by atoms with Crippen molar-refractivity contribution in [2.24, 2.45) is 5.14 Å². The van der Waals surface area contributed by atoms with Crippen molar-refractivity contribution in [3.63, 3.8) is 0 Å². The number of ketones is 1. The highest BCUT2D eigenvalue weighted by Crippen LogP contribution is 2.45. The van der Waals surface area contributed by atoms with Gasteiger partial charge in [-0.25, -0.2) is 13.6 Å². The van der Waals surface area contributed by atoms with Crippen LogP contribution in [0.1, 0.15) is 29.6 Å². The number of rotatable bonds is 3. The van der Waals surface area contributed by atoms with Crippen molar-refractivity contribution in [1.29, 1.82) is 0 Å². The number of nitro benzene ring substituents is 1. The van der Waals surface area contributed by atoms with Crippen molar-refractivity contribution in [2.45, 2.75) is 29.8 Å². The van der Waals surface area contributed by atoms with Crippen LogP contribution in [0.5, 0.6) is 5.75 Å². The molecular formula is C19H17Cl2N3O6S. The molecule has 31 heavy (non-hydrogen) atoms. The highest BCUT2D eigenvalue weighted by Gasteiger charge is 2.44. The number of piperidine rings is 1. The summed E-state index contributed by atoms with van der Waals surface area (Å²) >= 11 is 12.2. The van der Waals surface area contributed by atoms with Crippen LogP contribution in [0.4, 0.5) is 11.4 Å². The van der Waals surface area contributed by atoms with Crippen LogP contribution in [0.2, 0.25) is 10.0 Å². The van der Waals surface area contributed by atoms with Gasteiger partial charge in [0, 0.05) is 37.0 Å². The Bertz CT molecular complexity index is 1210. The number of benzene rings is 2. The number of Topliss-reactive ketones (excluding diaryl/α,β-unsaturated/α-hetero) is 1. The number of sulfonamides is 1. The zero-order valence-electron chi connectivity index (χ0n) is 16.0. The third kappa shape index (κ3) is 4.08. The molecule has 4 rings (SSSR count). The van der Waals surface area contributed by atoms with Crippen molar-refractivity contribution < 1.29 is 22.9 Å². The monoisotopic (exact) mass is 485 g/mol. The Labute approximate surface area is 187 Å². The highest BCUT2D eigenvalue weighted by atomic mass is 35.5. The van der Waals surface area contributed by atoms with Crippen LogP contribution in [-0.4, -0.2) is 37.8 Å². The average Bonchev–Trinajstić information content (AvgIpc) is 2.68. The minimum absolute atomic E-state index is 0.123. The molecule has 0 aliphatic carbocycles. The molecule has 2 N–H and O–H groups in total. The summed E-state index contributed by atoms with van der Waals surface area (Å²) in [4.78, 5) is 25.0. The molecule has 12 heteroatoms. The maximum absolute atomic E-state index is 12.7. The van der Waals surface area contributed by atoms with Crippen LogP contribution in [0.25, 0.3) is 0 Å². The molecule has 2 aliphatic rings. The Morgan fingerprint density at radius 2 is 1.84 bits per heavy atom. The highest BCUT2D eigenvalue weighted by molar-refractivity contribution is 7.89. The van der Waals surface area contributed by atoms with Gasteiger partial charge in [-0.2, -0.15) is 0 Å². The Hall–Kier alpha value is -2.40. The van der Waals surface area contributed by atoms with Gasteiger partial charge in [0.15, 0.2) is 5.78 Å². The lowest BCUT2D eigenvalue weighted by molar-refractivity contribution is -0.384. The molecule has 2 aromatic carbocycles. The van der Waals surface area contributed by atoms with E-state index in [1.165, 1.54) is 24.3 Å². The molecular weight excluding hydrogens is 469 g/mol. The maximum atomic E-state index is 12.7. The van der Waals surface area contributed by atoms with Crippen molar-refractivity contribution in [3.05, 3.63) is 56.1 Å². The zero-order chi connectivity index (χ0) is 22.6. The number of nitro groups is 1. The van der Waals surface area contributed by atoms with E-state index in [-0.39, 0.29) is 33.5 Å². The fraction of sp³-hybridized carbons (Fsp3) is 0.316. The van der Waals surface area contributed by atoms with Crippen LogP contribution >= 0.6 is 23.2 Å². The summed E-state index contributed by atoms with van der Waals surface area (Å²) in [7, 11) is -4.07. The molecule has 0 atom stereocenters. The van der Waals surface area contributed by atoms with Crippen LogP contribution in [-0.2, 0) is 10.0 Å². The summed E-state index contributed by atoms with van der Waals surface area (Å²) in [5, 5.41) is 17.2. The number of nitrogens with two attached hydrogens (primary N) is 1. The number of hydrogen-bond acceptors (Lipinski definition) is 7. The van der Waals surface area contributed by atoms with Gasteiger partial charge >= 0.3 is 0 Å². The summed E-state index contributed by atoms with van der Waals surface area (Å²) in [5.74, 6) is 0.182. The van der Waals surface area contributed by atoms with Gasteiger partial charge in [-0.3, -0.25) is 14.9 Å². The topological polar surface area (TPSA) is 133 Å². The van der Waals surface area contributed by atoms with E-state index in [9.17, 15) is 23.3 Å². The molecule has 0 radical (unpaired) electrons. The summed E-state index contributed by atoms with van der Waals surface area (Å²) in [5.41, 5.74) is -0.501. The van der Waals surface area contributed by atoms with E-state index in [0.717, 1.165) is 6.07 Å². The first-order chi connectivity index (χ1) is 14.5. The van der Waals surface area contributed by atoms with Crippen molar-refractivity contribution in [3.8, 4) is 5.75 Å². The third-order valence-corrected chi connectivity index (χ3v) is 7.01. The predicted molar refractivity (Wildman–Crippen MR) is 115 cm³/mol. The van der Waals surface area contributed by atoms with E-state index in [4.69, 9.17) is 33.1 Å². The number of ether oxygens (including phenoxy) is 1. The molecule has 2 heterocycles. The van der Waals surface area contributed by atoms with E-state index >= 15 is 0 Å². The quantitative estimate of drug-likeness (QED) is 0.518. The lowest BCUT2D eigenvalue weighted by Crippen LogP contribution is -2.51. The first kappa shape index (κ1) is 21.8. The van der Waals surface area contributed by atoms with Gasteiger partial charge in [0.2, 0.25) is 10.0 Å². The second-order valence-corrected chi connectivity index (χ2v) is 9.99. The molecule has 0 saturated carbocycles. The van der Waals surface area contributed by atoms with E-state index in [2.05, 4.69) is 0 Å². The van der Waals surface area contributed by atoms with E-state index in [0.29, 0.717) is 42.3 Å². The van der Waals surface area contributed by atoms with Crippen molar-refractivity contribution in [1.82, 2.24) is 0 Å². The van der Waals surface area contributed by atoms with Crippen molar-refractivity contribution in [2.75, 3.05) is 18.0 Å². The first-order valence-electron chi connectivity index (χ1n) is 9.27. The SMILES string of the molecule is NS(=O)(=O)c1ccc(N2CCC3(CC2)CC(=O)c2cc(Cl)cc(Cl)c2O3)c([N+](=O)[O-])c1. The fourth-order valence-corrected chi connectivity index (χ4v) is 5.11. The van der Waals surface area contributed by atoms with E-state index in [1.807, 2.05) is 0 Å². The number of anilines is 1. The second kappa shape index (κ2) is 7.63. The van der Waals surface area contributed by atoms with Gasteiger partial charge in [-0.15, -0.1) is 0 Å². The number of carbonyl (C=O) groups is 1. The molecule has 164 valence electrons. The molecule has 1 saturated heterocycles. The van der Waals surface area contributed by atoms with Gasteiger partial charge in [-0.05, 0) is 24.3 Å². The van der Waals surface area contributed by atoms with E-state index in [1.54, 1.807) is 4.90 Å². The van der Waals surface area contributed by atoms with Gasteiger partial charge in [-0.1, -0.05) is 23.2 Å². The third-order valence-electron chi connectivity index (χ3n) is 5.60. The molecule has 2 aromatic rings. The number of fused-ring (bicyclic) bond motifs is 1. The van der Waals surface area contributed by atoms with Crippen LogP contribution in [0.15, 0.2) is 35.2 Å². The summed E-state index contributed by atoms with van der Waals surface area (Å²) in [6, 6.07) is 6.61. The number of primary sulfonamides is 1. The number of hydrogen-bond donors (Lipinski definition) is 1. The molecule has 0 bridgehead atoms. The van der Waals surface area contributed by atoms with Crippen LogP contribution in [0.3, 0.4) is 0 Å². The first-order valence-corrected chi connectivity index (χ1v) is 11.6. The van der Waals surface area contributed by atoms with Crippen LogP contribution < -0.4 is 14.8 Å². The Kier molecular flexibility index (Phi) is 5.37. The van der Waals surface area contributed by atoms with Gasteiger partial charge in [0.1, 0.15) is 17.0 Å². The standard InChI is InChI=1S/C19H17Cl2N3O6S/c20-11-7-13-17(25)10-19(30-18(13)14(21)8-11)3-5-23(6-4-19)15-2-1-12(31(22,28)29)9-16(15)24(26)27/h1-2,7-9H,3-6,10H2,(H2,22,28,29). The maximum Gasteiger partial charge on any atom is 0.293 e. The van der Waals surface area contributed by atoms with Crippen LogP contribution in [0, 0.1) is 10.1 Å². The zero-order valence-corrected chi connectivity index (χ0v) is 18.3. The molecule has 1 fully saturated rings. The predicted octanol–water partition coefficient (Wildman–Crippen LogP) is 3.55. The van der Waals surface area contributed by atoms with Gasteiger partial charge in [0.05, 0.1) is 26.8 Å². The second-order valence-electron chi connectivity index (χ2n) is 7.59. The Morgan fingerprint density at radius 1 is 1.16 bits per heavy atom. The average molecular weight is 486 g/mol. The molecule has 2 aliphatic heterocycles. The van der Waals surface area contributed by atoms with Gasteiger partial charge in [0.25, 0.3) is 5.69 Å². The summed E-state index contributed by atoms with van der Waals surface area (Å²) in [6.07, 6.45) is 0.993. The Balaban J connectivity index is 1.59. The smallest absolute Gasteiger partial charge is 0.293 e. The largest absolute Gasteiger partial charge is 0.484 e. The lowest BCUT2D eigenvalue weighted by atomic mass is 9.82. The minimum Gasteiger partial charge on any atom is -0.484 e. The molecule has 9 nitrogen and oxygen atoms in total. The molecule has 0 unspecified atom stereocenters. The molecule has 1 spiro atoms. The van der Waals surface area contributed by atoms with Crippen molar-refractivity contribution >= 4 is 50.4 Å². The van der Waals surface area contributed by atoms with E-state index < -0.39 is 20.5 Å². The normalized spacial score (nSPS) is 17.9. The molecule has 0 amide bonds. The molecule has 0 aromatic heterocycles. The fourth-order valence-electron chi connectivity index (χ4n) is 4.04. The summed E-state index contributed by atoms with van der Waals surface area (Å²) < 4.78 is 29.3. The number of nitrogens with zero attached hydrogens (tertiary/aromatic N) is 2. The summed E-state index contributed by atoms with van der Waals surface area (Å²) in [6.45, 7) is 0.729. The number of halogens is 2. The lowest BCUT2D eigenvalue weighted by Gasteiger charge is -2.44. The Morgan fingerprint density at radius 3 is 2.45 bits per heavy atom. The van der Waals surface area contributed by atoms with Gasteiger partial charge < -0.3 is 9.64 Å².